The van der Waals surface area contributed by atoms with Gasteiger partial charge in [-0.1, -0.05) is 13.0 Å². The Morgan fingerprint density at radius 1 is 1.33 bits per heavy atom. The van der Waals surface area contributed by atoms with Crippen molar-refractivity contribution in [2.24, 2.45) is 11.3 Å². The second-order valence-corrected chi connectivity index (χ2v) is 6.97. The van der Waals surface area contributed by atoms with Crippen molar-refractivity contribution >= 4 is 0 Å². The molecule has 0 aromatic carbocycles. The molecule has 3 rings (SSSR count). The van der Waals surface area contributed by atoms with Crippen LogP contribution in [0.25, 0.3) is 0 Å². The third kappa shape index (κ3) is 3.82. The highest BCUT2D eigenvalue weighted by Gasteiger charge is 2.36. The average molecular weight is 290 g/mol. The van der Waals surface area contributed by atoms with Crippen LogP contribution in [-0.4, -0.2) is 53.9 Å². The third-order valence-corrected chi connectivity index (χ3v) is 4.98. The number of ether oxygens (including phenoxy) is 1. The second kappa shape index (κ2) is 6.42. The molecule has 2 atom stereocenters. The normalized spacial score (nSPS) is 29.6. The number of β-amino-alcohol motifs (C(OH)–C–C–N with tert-alkyl or cyclic N) is 1. The molecular weight excluding hydrogens is 264 g/mol. The first-order chi connectivity index (χ1) is 10.1. The molecule has 0 unspecified atom stereocenters. The smallest absolute Gasteiger partial charge is 0.0711 e. The average Bonchev–Trinajstić information content (AvgIpc) is 2.80. The number of aromatic nitrogens is 1. The Morgan fingerprint density at radius 2 is 2.14 bits per heavy atom. The van der Waals surface area contributed by atoms with Gasteiger partial charge in [0.2, 0.25) is 0 Å². The van der Waals surface area contributed by atoms with Gasteiger partial charge in [0.15, 0.2) is 0 Å². The molecule has 1 aromatic rings. The van der Waals surface area contributed by atoms with Crippen molar-refractivity contribution in [1.82, 2.24) is 9.88 Å². The minimum absolute atomic E-state index is 0.226. The van der Waals surface area contributed by atoms with E-state index in [1.54, 1.807) is 0 Å². The largest absolute Gasteiger partial charge is 0.391 e. The van der Waals surface area contributed by atoms with E-state index in [2.05, 4.69) is 22.9 Å². The molecular formula is C17H26N2O2. The van der Waals surface area contributed by atoms with E-state index < -0.39 is 0 Å². The molecule has 0 spiro atoms. The molecule has 0 bridgehead atoms. The van der Waals surface area contributed by atoms with Crippen molar-refractivity contribution < 1.29 is 9.84 Å². The van der Waals surface area contributed by atoms with Crippen molar-refractivity contribution in [2.75, 3.05) is 32.8 Å². The summed E-state index contributed by atoms with van der Waals surface area (Å²) in [5, 5.41) is 10.3. The Morgan fingerprint density at radius 3 is 2.86 bits per heavy atom. The second-order valence-electron chi connectivity index (χ2n) is 6.97. The molecule has 2 fully saturated rings. The summed E-state index contributed by atoms with van der Waals surface area (Å²) in [5.41, 5.74) is 1.43. The van der Waals surface area contributed by atoms with Gasteiger partial charge in [0, 0.05) is 50.7 Å². The Bertz CT molecular complexity index is 445. The standard InChI is InChI=1S/C17H26N2O2/c1-17(5-8-21-9-6-17)13-19-11-14(16(20)12-19)10-15-4-2-3-7-18-15/h2-4,7,14,16,20H,5-6,8-13H2,1H3/t14-,16-/m1/s1. The monoisotopic (exact) mass is 290 g/mol. The Hall–Kier alpha value is -0.970. The first kappa shape index (κ1) is 14.9. The van der Waals surface area contributed by atoms with Crippen molar-refractivity contribution in [3.05, 3.63) is 30.1 Å². The zero-order chi connectivity index (χ0) is 14.7. The van der Waals surface area contributed by atoms with E-state index >= 15 is 0 Å². The van der Waals surface area contributed by atoms with E-state index in [-0.39, 0.29) is 6.10 Å². The van der Waals surface area contributed by atoms with Gasteiger partial charge in [-0.25, -0.2) is 0 Å². The van der Waals surface area contributed by atoms with Crippen LogP contribution in [0.1, 0.15) is 25.5 Å². The van der Waals surface area contributed by atoms with Crippen LogP contribution in [0.15, 0.2) is 24.4 Å². The van der Waals surface area contributed by atoms with Crippen LogP contribution in [0.2, 0.25) is 0 Å². The zero-order valence-corrected chi connectivity index (χ0v) is 12.9. The lowest BCUT2D eigenvalue weighted by atomic mass is 9.82. The van der Waals surface area contributed by atoms with Crippen molar-refractivity contribution in [3.63, 3.8) is 0 Å². The van der Waals surface area contributed by atoms with Crippen molar-refractivity contribution in [1.29, 1.82) is 0 Å². The molecule has 0 aliphatic carbocycles. The minimum atomic E-state index is -0.226. The molecule has 0 amide bonds. The van der Waals surface area contributed by atoms with Crippen molar-refractivity contribution in [3.8, 4) is 0 Å². The molecule has 1 aromatic heterocycles. The van der Waals surface area contributed by atoms with Gasteiger partial charge in [-0.2, -0.15) is 0 Å². The minimum Gasteiger partial charge on any atom is -0.391 e. The fourth-order valence-corrected chi connectivity index (χ4v) is 3.62. The molecule has 0 radical (unpaired) electrons. The summed E-state index contributed by atoms with van der Waals surface area (Å²) in [4.78, 5) is 6.82. The summed E-state index contributed by atoms with van der Waals surface area (Å²) in [5.74, 6) is 0.309. The highest BCUT2D eigenvalue weighted by Crippen LogP contribution is 2.33. The lowest BCUT2D eigenvalue weighted by Crippen LogP contribution is -2.39. The zero-order valence-electron chi connectivity index (χ0n) is 12.9. The highest BCUT2D eigenvalue weighted by atomic mass is 16.5. The molecule has 2 saturated heterocycles. The number of rotatable bonds is 4. The van der Waals surface area contributed by atoms with Gasteiger partial charge >= 0.3 is 0 Å². The summed E-state index contributed by atoms with van der Waals surface area (Å²) < 4.78 is 5.47. The van der Waals surface area contributed by atoms with Gasteiger partial charge in [-0.15, -0.1) is 0 Å². The fourth-order valence-electron chi connectivity index (χ4n) is 3.62. The summed E-state index contributed by atoms with van der Waals surface area (Å²) >= 11 is 0. The van der Waals surface area contributed by atoms with E-state index in [1.165, 1.54) is 0 Å². The maximum absolute atomic E-state index is 10.3. The quantitative estimate of drug-likeness (QED) is 0.917. The molecule has 21 heavy (non-hydrogen) atoms. The number of nitrogens with zero attached hydrogens (tertiary/aromatic N) is 2. The molecule has 2 aliphatic heterocycles. The lowest BCUT2D eigenvalue weighted by Gasteiger charge is -2.36. The van der Waals surface area contributed by atoms with Crippen LogP contribution >= 0.6 is 0 Å². The van der Waals surface area contributed by atoms with Crippen LogP contribution in [0.5, 0.6) is 0 Å². The topological polar surface area (TPSA) is 45.6 Å². The Labute approximate surface area is 127 Å². The number of likely N-dealkylation sites (tertiary alicyclic amines) is 1. The molecule has 1 N–H and O–H groups in total. The van der Waals surface area contributed by atoms with Crippen LogP contribution in [0.4, 0.5) is 0 Å². The lowest BCUT2D eigenvalue weighted by molar-refractivity contribution is 0.00691. The first-order valence-electron chi connectivity index (χ1n) is 8.03. The van der Waals surface area contributed by atoms with Gasteiger partial charge < -0.3 is 9.84 Å². The van der Waals surface area contributed by atoms with Gasteiger partial charge in [0.1, 0.15) is 0 Å². The third-order valence-electron chi connectivity index (χ3n) is 4.98. The molecule has 116 valence electrons. The first-order valence-corrected chi connectivity index (χ1v) is 8.03. The number of aliphatic hydroxyl groups excluding tert-OH is 1. The predicted octanol–water partition coefficient (Wildman–Crippen LogP) is 1.73. The van der Waals surface area contributed by atoms with Gasteiger partial charge in [0.05, 0.1) is 6.10 Å². The SMILES string of the molecule is CC1(CN2C[C@@H](Cc3ccccn3)[C@H](O)C2)CCOCC1. The van der Waals surface area contributed by atoms with E-state index in [0.29, 0.717) is 11.3 Å². The van der Waals surface area contributed by atoms with E-state index in [4.69, 9.17) is 4.74 Å². The van der Waals surface area contributed by atoms with Gasteiger partial charge in [0.25, 0.3) is 0 Å². The summed E-state index contributed by atoms with van der Waals surface area (Å²) in [7, 11) is 0. The van der Waals surface area contributed by atoms with Crippen LogP contribution in [0.3, 0.4) is 0 Å². The molecule has 2 aliphatic rings. The Kier molecular flexibility index (Phi) is 4.57. The number of pyridine rings is 1. The van der Waals surface area contributed by atoms with Gasteiger partial charge in [-0.3, -0.25) is 9.88 Å². The van der Waals surface area contributed by atoms with Crippen LogP contribution in [0, 0.1) is 11.3 Å². The number of aliphatic hydroxyl groups is 1. The maximum atomic E-state index is 10.3. The number of hydrogen-bond donors (Lipinski definition) is 1. The summed E-state index contributed by atoms with van der Waals surface area (Å²) in [6, 6.07) is 6.01. The molecule has 4 heteroatoms. The molecule has 3 heterocycles. The van der Waals surface area contributed by atoms with Crippen molar-refractivity contribution in [2.45, 2.75) is 32.3 Å². The predicted molar refractivity (Wildman–Crippen MR) is 82.0 cm³/mol. The Balaban J connectivity index is 1.55. The fraction of sp³-hybridized carbons (Fsp3) is 0.706. The van der Waals surface area contributed by atoms with E-state index in [1.807, 2.05) is 18.3 Å². The summed E-state index contributed by atoms with van der Waals surface area (Å²) in [6.45, 7) is 6.97. The number of hydrogen-bond acceptors (Lipinski definition) is 4. The van der Waals surface area contributed by atoms with E-state index in [9.17, 15) is 5.11 Å². The van der Waals surface area contributed by atoms with Crippen LogP contribution < -0.4 is 0 Å². The molecule has 0 saturated carbocycles. The van der Waals surface area contributed by atoms with Crippen LogP contribution in [-0.2, 0) is 11.2 Å². The maximum Gasteiger partial charge on any atom is 0.0711 e. The highest BCUT2D eigenvalue weighted by molar-refractivity contribution is 5.06. The van der Waals surface area contributed by atoms with Gasteiger partial charge in [-0.05, 0) is 36.8 Å². The summed E-state index contributed by atoms with van der Waals surface area (Å²) in [6.07, 6.45) is 4.74. The van der Waals surface area contributed by atoms with E-state index in [0.717, 1.165) is 57.8 Å². The molecule has 4 nitrogen and oxygen atoms in total.